The monoisotopic (exact) mass is 249 g/mol. The van der Waals surface area contributed by atoms with Crippen LogP contribution in [0.4, 0.5) is 0 Å². The molecule has 1 aromatic rings. The molecule has 0 bridgehead atoms. The Labute approximate surface area is 107 Å². The zero-order valence-corrected chi connectivity index (χ0v) is 10.8. The van der Waals surface area contributed by atoms with Crippen molar-refractivity contribution in [1.82, 2.24) is 15.2 Å². The average Bonchev–Trinajstić information content (AvgIpc) is 2.39. The van der Waals surface area contributed by atoms with E-state index in [1.807, 2.05) is 6.92 Å². The van der Waals surface area contributed by atoms with Gasteiger partial charge in [-0.15, -0.1) is 0 Å². The van der Waals surface area contributed by atoms with Crippen molar-refractivity contribution in [2.24, 2.45) is 0 Å². The predicted molar refractivity (Wildman–Crippen MR) is 68.5 cm³/mol. The lowest BCUT2D eigenvalue weighted by Gasteiger charge is -2.28. The number of pyridine rings is 1. The summed E-state index contributed by atoms with van der Waals surface area (Å²) in [6.07, 6.45) is 1.74. The molecule has 5 nitrogen and oxygen atoms in total. The van der Waals surface area contributed by atoms with Crippen molar-refractivity contribution >= 4 is 5.91 Å². The Morgan fingerprint density at radius 2 is 2.50 bits per heavy atom. The Morgan fingerprint density at radius 1 is 1.67 bits per heavy atom. The van der Waals surface area contributed by atoms with Crippen LogP contribution in [0.3, 0.4) is 0 Å². The maximum Gasteiger partial charge on any atom is 0.253 e. The summed E-state index contributed by atoms with van der Waals surface area (Å²) in [7, 11) is 1.80. The Balaban J connectivity index is 1.95. The third kappa shape index (κ3) is 3.27. The van der Waals surface area contributed by atoms with E-state index < -0.39 is 0 Å². The summed E-state index contributed by atoms with van der Waals surface area (Å²) >= 11 is 0. The molecule has 1 atom stereocenters. The summed E-state index contributed by atoms with van der Waals surface area (Å²) in [5.74, 6) is 0.00896. The van der Waals surface area contributed by atoms with E-state index in [4.69, 9.17) is 4.74 Å². The summed E-state index contributed by atoms with van der Waals surface area (Å²) in [5.41, 5.74) is 1.53. The highest BCUT2D eigenvalue weighted by atomic mass is 16.5. The molecule has 0 saturated carbocycles. The first-order valence-electron chi connectivity index (χ1n) is 6.17. The zero-order valence-electron chi connectivity index (χ0n) is 10.8. The Morgan fingerprint density at radius 3 is 3.17 bits per heavy atom. The van der Waals surface area contributed by atoms with Gasteiger partial charge in [0, 0.05) is 44.1 Å². The first kappa shape index (κ1) is 13.0. The fourth-order valence-electron chi connectivity index (χ4n) is 2.02. The van der Waals surface area contributed by atoms with Gasteiger partial charge >= 0.3 is 0 Å². The van der Waals surface area contributed by atoms with Crippen molar-refractivity contribution in [2.75, 3.05) is 33.3 Å². The molecule has 0 radical (unpaired) electrons. The number of nitrogens with zero attached hydrogens (tertiary/aromatic N) is 2. The van der Waals surface area contributed by atoms with Gasteiger partial charge in [0.25, 0.3) is 5.91 Å². The van der Waals surface area contributed by atoms with Crippen molar-refractivity contribution < 1.29 is 9.53 Å². The van der Waals surface area contributed by atoms with Gasteiger partial charge in [-0.2, -0.15) is 0 Å². The molecule has 5 heteroatoms. The van der Waals surface area contributed by atoms with Gasteiger partial charge in [0.15, 0.2) is 0 Å². The molecule has 1 aromatic heterocycles. The van der Waals surface area contributed by atoms with Crippen molar-refractivity contribution in [3.8, 4) is 0 Å². The number of carbonyl (C=O) groups is 1. The van der Waals surface area contributed by atoms with Crippen molar-refractivity contribution in [3.63, 3.8) is 0 Å². The van der Waals surface area contributed by atoms with Gasteiger partial charge in [0.1, 0.15) is 0 Å². The van der Waals surface area contributed by atoms with E-state index in [0.29, 0.717) is 18.7 Å². The molecule has 18 heavy (non-hydrogen) atoms. The molecular weight excluding hydrogens is 230 g/mol. The van der Waals surface area contributed by atoms with Gasteiger partial charge in [0.2, 0.25) is 0 Å². The van der Waals surface area contributed by atoms with Gasteiger partial charge in [-0.25, -0.2) is 0 Å². The first-order chi connectivity index (χ1) is 8.66. The number of likely N-dealkylation sites (N-methyl/N-ethyl adjacent to an activating group) is 1. The Bertz CT molecular complexity index is 416. The predicted octanol–water partition coefficient (Wildman–Crippen LogP) is 0.450. The van der Waals surface area contributed by atoms with Crippen molar-refractivity contribution in [1.29, 1.82) is 0 Å². The minimum absolute atomic E-state index is 0.00896. The minimum Gasteiger partial charge on any atom is -0.374 e. The van der Waals surface area contributed by atoms with Crippen LogP contribution >= 0.6 is 0 Å². The van der Waals surface area contributed by atoms with Crippen LogP contribution in [-0.4, -0.2) is 55.2 Å². The van der Waals surface area contributed by atoms with E-state index in [-0.39, 0.29) is 12.0 Å². The second-order valence-electron chi connectivity index (χ2n) is 4.57. The highest BCUT2D eigenvalue weighted by Crippen LogP contribution is 2.06. The third-order valence-electron chi connectivity index (χ3n) is 2.97. The molecule has 1 N–H and O–H groups in total. The van der Waals surface area contributed by atoms with Crippen molar-refractivity contribution in [2.45, 2.75) is 13.0 Å². The fourth-order valence-corrected chi connectivity index (χ4v) is 2.02. The van der Waals surface area contributed by atoms with E-state index in [1.165, 1.54) is 0 Å². The van der Waals surface area contributed by atoms with Gasteiger partial charge < -0.3 is 15.0 Å². The topological polar surface area (TPSA) is 54.5 Å². The normalized spacial score (nSPS) is 19.6. The fraction of sp³-hybridized carbons (Fsp3) is 0.538. The molecule has 0 aromatic carbocycles. The number of hydrogen-bond acceptors (Lipinski definition) is 4. The van der Waals surface area contributed by atoms with Crippen LogP contribution in [-0.2, 0) is 4.74 Å². The van der Waals surface area contributed by atoms with Gasteiger partial charge in [-0.3, -0.25) is 9.78 Å². The number of nitrogens with one attached hydrogen (secondary N) is 1. The quantitative estimate of drug-likeness (QED) is 0.845. The Kier molecular flexibility index (Phi) is 4.28. The number of hydrogen-bond donors (Lipinski definition) is 1. The SMILES string of the molecule is Cc1cc(C(=O)N(C)CC2CNCCO2)ccn1. The van der Waals surface area contributed by atoms with Crippen LogP contribution in [0.2, 0.25) is 0 Å². The summed E-state index contributed by atoms with van der Waals surface area (Å²) < 4.78 is 5.59. The van der Waals surface area contributed by atoms with E-state index in [9.17, 15) is 4.79 Å². The lowest BCUT2D eigenvalue weighted by Crippen LogP contribution is -2.45. The number of amides is 1. The molecule has 0 spiro atoms. The largest absolute Gasteiger partial charge is 0.374 e. The lowest BCUT2D eigenvalue weighted by molar-refractivity contribution is 0.0104. The zero-order chi connectivity index (χ0) is 13.0. The molecule has 1 amide bonds. The summed E-state index contributed by atoms with van der Waals surface area (Å²) in [6.45, 7) is 4.88. The molecule has 98 valence electrons. The second-order valence-corrected chi connectivity index (χ2v) is 4.57. The first-order valence-corrected chi connectivity index (χ1v) is 6.17. The highest BCUT2D eigenvalue weighted by Gasteiger charge is 2.19. The molecule has 1 aliphatic rings. The van der Waals surface area contributed by atoms with E-state index >= 15 is 0 Å². The number of morpholine rings is 1. The maximum absolute atomic E-state index is 12.2. The van der Waals surface area contributed by atoms with E-state index in [1.54, 1.807) is 30.3 Å². The Hall–Kier alpha value is -1.46. The summed E-state index contributed by atoms with van der Waals surface area (Å²) in [6, 6.07) is 3.55. The third-order valence-corrected chi connectivity index (χ3v) is 2.97. The van der Waals surface area contributed by atoms with Crippen LogP contribution in [0, 0.1) is 6.92 Å². The van der Waals surface area contributed by atoms with Crippen LogP contribution in [0.1, 0.15) is 16.1 Å². The highest BCUT2D eigenvalue weighted by molar-refractivity contribution is 5.94. The van der Waals surface area contributed by atoms with Gasteiger partial charge in [-0.1, -0.05) is 0 Å². The minimum atomic E-state index is 0.00896. The van der Waals surface area contributed by atoms with Gasteiger partial charge in [-0.05, 0) is 19.1 Å². The summed E-state index contributed by atoms with van der Waals surface area (Å²) in [4.78, 5) is 18.0. The number of aryl methyl sites for hydroxylation is 1. The molecule has 2 rings (SSSR count). The smallest absolute Gasteiger partial charge is 0.253 e. The lowest BCUT2D eigenvalue weighted by atomic mass is 10.2. The standard InChI is InChI=1S/C13H19N3O2/c1-10-7-11(3-4-15-10)13(17)16(2)9-12-8-14-5-6-18-12/h3-4,7,12,14H,5-6,8-9H2,1-2H3. The number of carbonyl (C=O) groups excluding carboxylic acids is 1. The maximum atomic E-state index is 12.2. The van der Waals surface area contributed by atoms with Crippen molar-refractivity contribution in [3.05, 3.63) is 29.6 Å². The van der Waals surface area contributed by atoms with Crippen LogP contribution in [0.5, 0.6) is 0 Å². The molecule has 1 unspecified atom stereocenters. The van der Waals surface area contributed by atoms with E-state index in [0.717, 1.165) is 18.8 Å². The number of ether oxygens (including phenoxy) is 1. The molecule has 0 aliphatic carbocycles. The number of rotatable bonds is 3. The second kappa shape index (κ2) is 5.93. The molecule has 1 fully saturated rings. The van der Waals surface area contributed by atoms with Crippen LogP contribution < -0.4 is 5.32 Å². The van der Waals surface area contributed by atoms with Crippen LogP contribution in [0.15, 0.2) is 18.3 Å². The number of aromatic nitrogens is 1. The summed E-state index contributed by atoms with van der Waals surface area (Å²) in [5, 5.41) is 3.26. The van der Waals surface area contributed by atoms with Gasteiger partial charge in [0.05, 0.1) is 12.7 Å². The average molecular weight is 249 g/mol. The molecule has 2 heterocycles. The van der Waals surface area contributed by atoms with E-state index in [2.05, 4.69) is 10.3 Å². The van der Waals surface area contributed by atoms with Crippen LogP contribution in [0.25, 0.3) is 0 Å². The molecule has 1 saturated heterocycles. The molecular formula is C13H19N3O2. The molecule has 1 aliphatic heterocycles.